The van der Waals surface area contributed by atoms with Crippen molar-refractivity contribution < 1.29 is 9.53 Å². The summed E-state index contributed by atoms with van der Waals surface area (Å²) in [6.07, 6.45) is 4.91. The van der Waals surface area contributed by atoms with Gasteiger partial charge < -0.3 is 25.6 Å². The van der Waals surface area contributed by atoms with E-state index in [0.717, 1.165) is 19.0 Å². The standard InChI is InChI=1S/C19H39N5O2.HI/c1-18(2,3)26-17(25)23-19(4,5)15-22-16(20-6)21-11-14-24-12-9-7-8-10-13-24;/h7-15H2,1-6H3,(H,23,25)(H2,20,21,22);1H. The Bertz CT molecular complexity index is 456. The lowest BCUT2D eigenvalue weighted by atomic mass is 10.1. The minimum Gasteiger partial charge on any atom is -0.444 e. The van der Waals surface area contributed by atoms with Gasteiger partial charge in [-0.15, -0.1) is 24.0 Å². The number of hydrogen-bond donors (Lipinski definition) is 3. The van der Waals surface area contributed by atoms with Crippen molar-refractivity contribution in [1.29, 1.82) is 0 Å². The smallest absolute Gasteiger partial charge is 0.408 e. The number of carbonyl (C=O) groups excluding carboxylic acids is 1. The number of halogens is 1. The van der Waals surface area contributed by atoms with Gasteiger partial charge in [0, 0.05) is 26.7 Å². The highest BCUT2D eigenvalue weighted by atomic mass is 127. The van der Waals surface area contributed by atoms with Crippen LogP contribution in [0.15, 0.2) is 4.99 Å². The lowest BCUT2D eigenvalue weighted by Crippen LogP contribution is -2.54. The second-order valence-corrected chi connectivity index (χ2v) is 8.62. The number of hydrogen-bond acceptors (Lipinski definition) is 4. The summed E-state index contributed by atoms with van der Waals surface area (Å²) in [5.74, 6) is 0.749. The lowest BCUT2D eigenvalue weighted by Gasteiger charge is -2.29. The van der Waals surface area contributed by atoms with E-state index in [1.807, 2.05) is 34.6 Å². The molecule has 1 aliphatic heterocycles. The second-order valence-electron chi connectivity index (χ2n) is 8.62. The van der Waals surface area contributed by atoms with Gasteiger partial charge in [0.05, 0.1) is 5.54 Å². The van der Waals surface area contributed by atoms with Crippen LogP contribution >= 0.6 is 24.0 Å². The lowest BCUT2D eigenvalue weighted by molar-refractivity contribution is 0.0474. The molecule has 0 aliphatic carbocycles. The molecule has 0 atom stereocenters. The highest BCUT2D eigenvalue weighted by Crippen LogP contribution is 2.09. The molecule has 3 N–H and O–H groups in total. The molecule has 1 saturated heterocycles. The first-order valence-electron chi connectivity index (χ1n) is 9.79. The van der Waals surface area contributed by atoms with E-state index in [1.54, 1.807) is 7.05 Å². The molecule has 160 valence electrons. The number of amides is 1. The average molecular weight is 497 g/mol. The van der Waals surface area contributed by atoms with Gasteiger partial charge in [0.1, 0.15) is 5.60 Å². The van der Waals surface area contributed by atoms with Gasteiger partial charge in [-0.3, -0.25) is 4.99 Å². The third kappa shape index (κ3) is 13.1. The van der Waals surface area contributed by atoms with Crippen LogP contribution < -0.4 is 16.0 Å². The Labute approximate surface area is 182 Å². The Morgan fingerprint density at radius 1 is 1.04 bits per heavy atom. The van der Waals surface area contributed by atoms with Crippen molar-refractivity contribution in [1.82, 2.24) is 20.9 Å². The number of alkyl carbamates (subject to hydrolysis) is 1. The van der Waals surface area contributed by atoms with Gasteiger partial charge >= 0.3 is 6.09 Å². The largest absolute Gasteiger partial charge is 0.444 e. The predicted octanol–water partition coefficient (Wildman–Crippen LogP) is 2.95. The number of ether oxygens (including phenoxy) is 1. The Morgan fingerprint density at radius 3 is 2.15 bits per heavy atom. The van der Waals surface area contributed by atoms with Gasteiger partial charge in [-0.1, -0.05) is 12.8 Å². The number of aliphatic imine (C=N–C) groups is 1. The molecule has 1 heterocycles. The van der Waals surface area contributed by atoms with E-state index in [1.165, 1.54) is 38.8 Å². The maximum absolute atomic E-state index is 12.0. The van der Waals surface area contributed by atoms with Gasteiger partial charge in [0.2, 0.25) is 0 Å². The van der Waals surface area contributed by atoms with Gasteiger partial charge in [-0.25, -0.2) is 4.79 Å². The minimum absolute atomic E-state index is 0. The summed E-state index contributed by atoms with van der Waals surface area (Å²) in [5, 5.41) is 9.52. The first-order valence-corrected chi connectivity index (χ1v) is 9.79. The van der Waals surface area contributed by atoms with Crippen LogP contribution in [0, 0.1) is 0 Å². The van der Waals surface area contributed by atoms with E-state index >= 15 is 0 Å². The number of likely N-dealkylation sites (tertiary alicyclic amines) is 1. The monoisotopic (exact) mass is 497 g/mol. The zero-order valence-corrected chi connectivity index (χ0v) is 20.3. The number of nitrogens with one attached hydrogen (secondary N) is 3. The summed E-state index contributed by atoms with van der Waals surface area (Å²) in [7, 11) is 1.76. The second kappa shape index (κ2) is 12.6. The Hall–Kier alpha value is -0.770. The first kappa shape index (κ1) is 26.2. The van der Waals surface area contributed by atoms with E-state index in [0.29, 0.717) is 6.54 Å². The molecule has 0 bridgehead atoms. The maximum Gasteiger partial charge on any atom is 0.408 e. The molecule has 1 aliphatic rings. The SMILES string of the molecule is CN=C(NCCN1CCCCCC1)NCC(C)(C)NC(=O)OC(C)(C)C.I. The molecule has 27 heavy (non-hydrogen) atoms. The minimum atomic E-state index is -0.501. The summed E-state index contributed by atoms with van der Waals surface area (Å²) in [6.45, 7) is 14.3. The summed E-state index contributed by atoms with van der Waals surface area (Å²) in [5.41, 5.74) is -0.955. The molecule has 0 aromatic heterocycles. The van der Waals surface area contributed by atoms with Crippen LogP contribution in [0.3, 0.4) is 0 Å². The summed E-state index contributed by atoms with van der Waals surface area (Å²) in [4.78, 5) is 18.7. The molecule has 0 radical (unpaired) electrons. The number of rotatable bonds is 6. The quantitative estimate of drug-likeness (QED) is 0.299. The molecule has 0 unspecified atom stereocenters. The molecule has 1 rings (SSSR count). The van der Waals surface area contributed by atoms with E-state index in [-0.39, 0.29) is 24.0 Å². The topological polar surface area (TPSA) is 78.0 Å². The molecule has 0 saturated carbocycles. The zero-order chi connectivity index (χ0) is 19.6. The van der Waals surface area contributed by atoms with Crippen molar-refractivity contribution in [2.24, 2.45) is 4.99 Å². The van der Waals surface area contributed by atoms with E-state index in [4.69, 9.17) is 4.74 Å². The fourth-order valence-electron chi connectivity index (χ4n) is 2.84. The van der Waals surface area contributed by atoms with Crippen molar-refractivity contribution in [3.05, 3.63) is 0 Å². The van der Waals surface area contributed by atoms with E-state index < -0.39 is 17.2 Å². The van der Waals surface area contributed by atoms with E-state index in [2.05, 4.69) is 25.8 Å². The van der Waals surface area contributed by atoms with Crippen molar-refractivity contribution in [3.8, 4) is 0 Å². The predicted molar refractivity (Wildman–Crippen MR) is 123 cm³/mol. The third-order valence-corrected chi connectivity index (χ3v) is 4.18. The van der Waals surface area contributed by atoms with Crippen LogP contribution in [0.5, 0.6) is 0 Å². The van der Waals surface area contributed by atoms with Crippen molar-refractivity contribution in [2.45, 2.75) is 71.4 Å². The Morgan fingerprint density at radius 2 is 1.63 bits per heavy atom. The average Bonchev–Trinajstić information content (AvgIpc) is 2.76. The van der Waals surface area contributed by atoms with Crippen LogP contribution in [0.25, 0.3) is 0 Å². The fraction of sp³-hybridized carbons (Fsp3) is 0.895. The molecule has 1 fully saturated rings. The molecular formula is C19H40IN5O2. The van der Waals surface area contributed by atoms with Crippen LogP contribution in [0.4, 0.5) is 4.79 Å². The fourth-order valence-corrected chi connectivity index (χ4v) is 2.84. The van der Waals surface area contributed by atoms with Gasteiger partial charge in [-0.05, 0) is 60.5 Å². The summed E-state index contributed by atoms with van der Waals surface area (Å²) < 4.78 is 5.32. The third-order valence-electron chi connectivity index (χ3n) is 4.18. The molecule has 1 amide bonds. The Kier molecular flexibility index (Phi) is 12.3. The van der Waals surface area contributed by atoms with Crippen LogP contribution in [-0.4, -0.2) is 67.9 Å². The molecule has 0 aromatic carbocycles. The van der Waals surface area contributed by atoms with E-state index in [9.17, 15) is 4.79 Å². The maximum atomic E-state index is 12.0. The molecule has 0 aromatic rings. The van der Waals surface area contributed by atoms with Gasteiger partial charge in [0.25, 0.3) is 0 Å². The van der Waals surface area contributed by atoms with Crippen molar-refractivity contribution in [3.63, 3.8) is 0 Å². The summed E-state index contributed by atoms with van der Waals surface area (Å²) >= 11 is 0. The highest BCUT2D eigenvalue weighted by molar-refractivity contribution is 14.0. The van der Waals surface area contributed by atoms with Gasteiger partial charge in [-0.2, -0.15) is 0 Å². The zero-order valence-electron chi connectivity index (χ0n) is 18.0. The molecular weight excluding hydrogens is 457 g/mol. The molecule has 7 nitrogen and oxygen atoms in total. The van der Waals surface area contributed by atoms with Gasteiger partial charge in [0.15, 0.2) is 5.96 Å². The summed E-state index contributed by atoms with van der Waals surface area (Å²) in [6, 6.07) is 0. The number of carbonyl (C=O) groups is 1. The van der Waals surface area contributed by atoms with Crippen LogP contribution in [0.1, 0.15) is 60.3 Å². The highest BCUT2D eigenvalue weighted by Gasteiger charge is 2.24. The number of guanidine groups is 1. The van der Waals surface area contributed by atoms with Crippen LogP contribution in [0.2, 0.25) is 0 Å². The first-order chi connectivity index (χ1) is 12.1. The normalized spacial score (nSPS) is 16.7. The van der Waals surface area contributed by atoms with Crippen molar-refractivity contribution >= 4 is 36.0 Å². The Balaban J connectivity index is 0.00000676. The number of nitrogens with zero attached hydrogens (tertiary/aromatic N) is 2. The van der Waals surface area contributed by atoms with Crippen molar-refractivity contribution in [2.75, 3.05) is 39.8 Å². The van der Waals surface area contributed by atoms with Crippen LogP contribution in [-0.2, 0) is 4.74 Å². The molecule has 8 heteroatoms. The molecule has 0 spiro atoms.